The summed E-state index contributed by atoms with van der Waals surface area (Å²) >= 11 is 3.14. The average molecular weight is 336 g/mol. The Hall–Kier alpha value is -0.680. The molecule has 2 nitrogen and oxygen atoms in total. The van der Waals surface area contributed by atoms with E-state index >= 15 is 0 Å². The highest BCUT2D eigenvalue weighted by molar-refractivity contribution is 9.10. The topological polar surface area (TPSA) is 21.3 Å². The van der Waals surface area contributed by atoms with E-state index in [1.165, 1.54) is 6.07 Å². The Morgan fingerprint density at radius 3 is 2.58 bits per heavy atom. The van der Waals surface area contributed by atoms with Gasteiger partial charge in [-0.3, -0.25) is 0 Å². The summed E-state index contributed by atoms with van der Waals surface area (Å²) in [7, 11) is 0. The Bertz CT molecular complexity index is 413. The van der Waals surface area contributed by atoms with Crippen molar-refractivity contribution >= 4 is 15.9 Å². The number of ether oxygens (including phenoxy) is 1. The van der Waals surface area contributed by atoms with Crippen LogP contribution in [0.3, 0.4) is 0 Å². The maximum absolute atomic E-state index is 13.6. The van der Waals surface area contributed by atoms with Crippen LogP contribution in [0.5, 0.6) is 5.75 Å². The summed E-state index contributed by atoms with van der Waals surface area (Å²) in [5.74, 6) is -1.89. The Kier molecular flexibility index (Phi) is 6.72. The molecule has 1 atom stereocenters. The summed E-state index contributed by atoms with van der Waals surface area (Å²) < 4.78 is 33.0. The lowest BCUT2D eigenvalue weighted by Gasteiger charge is -2.21. The number of hydrogen-bond donors (Lipinski definition) is 1. The Morgan fingerprint density at radius 1 is 1.32 bits per heavy atom. The van der Waals surface area contributed by atoms with E-state index in [2.05, 4.69) is 21.2 Å². The predicted octanol–water partition coefficient (Wildman–Crippen LogP) is 4.27. The quantitative estimate of drug-likeness (QED) is 0.751. The van der Waals surface area contributed by atoms with Gasteiger partial charge in [0.15, 0.2) is 11.6 Å². The maximum Gasteiger partial charge on any atom is 0.200 e. The van der Waals surface area contributed by atoms with E-state index in [0.29, 0.717) is 17.1 Å². The molecule has 5 heteroatoms. The lowest BCUT2D eigenvalue weighted by Crippen LogP contribution is -2.35. The summed E-state index contributed by atoms with van der Waals surface area (Å²) in [6.45, 7) is 6.70. The second-order valence-corrected chi connectivity index (χ2v) is 5.71. The van der Waals surface area contributed by atoms with Crippen molar-refractivity contribution in [2.45, 2.75) is 45.8 Å². The van der Waals surface area contributed by atoms with Gasteiger partial charge in [0.25, 0.3) is 0 Å². The molecule has 1 aromatic carbocycles. The summed E-state index contributed by atoms with van der Waals surface area (Å²) in [4.78, 5) is 0. The van der Waals surface area contributed by atoms with Crippen molar-refractivity contribution in [2.75, 3.05) is 6.54 Å². The van der Waals surface area contributed by atoms with E-state index in [1.54, 1.807) is 0 Å². The van der Waals surface area contributed by atoms with E-state index in [9.17, 15) is 8.78 Å². The standard InChI is InChI=1S/C14H20BrF2NO/c1-4-5-11(8-18-9(2)3)19-13-7-10(15)6-12(16)14(13)17/h6-7,9,11,18H,4-5,8H2,1-3H3. The molecule has 0 bridgehead atoms. The van der Waals surface area contributed by atoms with Gasteiger partial charge in [-0.05, 0) is 18.6 Å². The van der Waals surface area contributed by atoms with Crippen molar-refractivity contribution in [3.05, 3.63) is 28.2 Å². The molecule has 0 aliphatic rings. The molecule has 0 heterocycles. The van der Waals surface area contributed by atoms with Crippen LogP contribution >= 0.6 is 15.9 Å². The van der Waals surface area contributed by atoms with Crippen LogP contribution in [0.2, 0.25) is 0 Å². The normalized spacial score (nSPS) is 12.8. The van der Waals surface area contributed by atoms with Crippen molar-refractivity contribution in [3.8, 4) is 5.75 Å². The number of nitrogens with one attached hydrogen (secondary N) is 1. The fourth-order valence-corrected chi connectivity index (χ4v) is 2.10. The zero-order valence-corrected chi connectivity index (χ0v) is 13.1. The molecular formula is C14H20BrF2NO. The smallest absolute Gasteiger partial charge is 0.200 e. The highest BCUT2D eigenvalue weighted by Gasteiger charge is 2.16. The van der Waals surface area contributed by atoms with E-state index < -0.39 is 11.6 Å². The third kappa shape index (κ3) is 5.45. The van der Waals surface area contributed by atoms with Crippen LogP contribution in [0.15, 0.2) is 16.6 Å². The van der Waals surface area contributed by atoms with Crippen LogP contribution in [0.25, 0.3) is 0 Å². The van der Waals surface area contributed by atoms with Crippen molar-refractivity contribution < 1.29 is 13.5 Å². The molecule has 0 saturated heterocycles. The molecule has 0 amide bonds. The second kappa shape index (κ2) is 7.80. The van der Waals surface area contributed by atoms with Crippen LogP contribution in [-0.2, 0) is 0 Å². The SMILES string of the molecule is CCCC(CNC(C)C)Oc1cc(Br)cc(F)c1F. The molecule has 0 aliphatic carbocycles. The summed E-state index contributed by atoms with van der Waals surface area (Å²) in [5.41, 5.74) is 0. The molecule has 19 heavy (non-hydrogen) atoms. The lowest BCUT2D eigenvalue weighted by molar-refractivity contribution is 0.174. The first-order valence-corrected chi connectivity index (χ1v) is 7.28. The van der Waals surface area contributed by atoms with Crippen LogP contribution in [0.1, 0.15) is 33.6 Å². The van der Waals surface area contributed by atoms with Gasteiger partial charge < -0.3 is 10.1 Å². The summed E-state index contributed by atoms with van der Waals surface area (Å²) in [6.07, 6.45) is 1.53. The molecule has 1 aromatic rings. The first kappa shape index (κ1) is 16.4. The van der Waals surface area contributed by atoms with E-state index in [-0.39, 0.29) is 11.9 Å². The summed E-state index contributed by atoms with van der Waals surface area (Å²) in [5, 5.41) is 3.25. The third-order valence-electron chi connectivity index (χ3n) is 2.62. The molecular weight excluding hydrogens is 316 g/mol. The fraction of sp³-hybridized carbons (Fsp3) is 0.571. The molecule has 1 N–H and O–H groups in total. The Balaban J connectivity index is 2.78. The third-order valence-corrected chi connectivity index (χ3v) is 3.08. The van der Waals surface area contributed by atoms with Gasteiger partial charge in [0.1, 0.15) is 6.10 Å². The molecule has 0 aliphatic heterocycles. The Labute approximate surface area is 121 Å². The van der Waals surface area contributed by atoms with Gasteiger partial charge in [-0.25, -0.2) is 4.39 Å². The molecule has 0 fully saturated rings. The van der Waals surface area contributed by atoms with E-state index in [1.807, 2.05) is 20.8 Å². The minimum Gasteiger partial charge on any atom is -0.486 e. The first-order chi connectivity index (χ1) is 8.93. The van der Waals surface area contributed by atoms with E-state index in [0.717, 1.165) is 18.9 Å². The van der Waals surface area contributed by atoms with Gasteiger partial charge in [-0.1, -0.05) is 43.1 Å². The lowest BCUT2D eigenvalue weighted by atomic mass is 10.2. The molecule has 0 radical (unpaired) electrons. The highest BCUT2D eigenvalue weighted by atomic mass is 79.9. The largest absolute Gasteiger partial charge is 0.486 e. The Morgan fingerprint density at radius 2 is 2.00 bits per heavy atom. The minimum absolute atomic E-state index is 0.0455. The number of benzene rings is 1. The second-order valence-electron chi connectivity index (χ2n) is 4.79. The molecule has 0 spiro atoms. The van der Waals surface area contributed by atoms with Crippen LogP contribution in [0.4, 0.5) is 8.78 Å². The van der Waals surface area contributed by atoms with Crippen LogP contribution in [0, 0.1) is 11.6 Å². The minimum atomic E-state index is -0.936. The highest BCUT2D eigenvalue weighted by Crippen LogP contribution is 2.26. The van der Waals surface area contributed by atoms with Gasteiger partial charge in [0.2, 0.25) is 5.82 Å². The average Bonchev–Trinajstić information content (AvgIpc) is 2.32. The number of halogens is 3. The fourth-order valence-electron chi connectivity index (χ4n) is 1.69. The van der Waals surface area contributed by atoms with Gasteiger partial charge in [-0.2, -0.15) is 4.39 Å². The maximum atomic E-state index is 13.6. The zero-order chi connectivity index (χ0) is 14.4. The summed E-state index contributed by atoms with van der Waals surface area (Å²) in [6, 6.07) is 2.87. The van der Waals surface area contributed by atoms with E-state index in [4.69, 9.17) is 4.74 Å². The van der Waals surface area contributed by atoms with Gasteiger partial charge in [-0.15, -0.1) is 0 Å². The van der Waals surface area contributed by atoms with Crippen molar-refractivity contribution in [1.82, 2.24) is 5.32 Å². The number of hydrogen-bond acceptors (Lipinski definition) is 2. The monoisotopic (exact) mass is 335 g/mol. The van der Waals surface area contributed by atoms with Gasteiger partial charge >= 0.3 is 0 Å². The predicted molar refractivity (Wildman–Crippen MR) is 76.5 cm³/mol. The molecule has 0 aromatic heterocycles. The molecule has 108 valence electrons. The number of rotatable bonds is 7. The molecule has 1 unspecified atom stereocenters. The molecule has 0 saturated carbocycles. The van der Waals surface area contributed by atoms with Crippen LogP contribution in [-0.4, -0.2) is 18.7 Å². The zero-order valence-electron chi connectivity index (χ0n) is 11.5. The van der Waals surface area contributed by atoms with Crippen LogP contribution < -0.4 is 10.1 Å². The van der Waals surface area contributed by atoms with Gasteiger partial charge in [0, 0.05) is 17.1 Å². The van der Waals surface area contributed by atoms with Crippen molar-refractivity contribution in [2.24, 2.45) is 0 Å². The van der Waals surface area contributed by atoms with Gasteiger partial charge in [0.05, 0.1) is 0 Å². The first-order valence-electron chi connectivity index (χ1n) is 6.48. The molecule has 1 rings (SSSR count). The van der Waals surface area contributed by atoms with Crippen molar-refractivity contribution in [1.29, 1.82) is 0 Å². The van der Waals surface area contributed by atoms with Crippen molar-refractivity contribution in [3.63, 3.8) is 0 Å².